The highest BCUT2D eigenvalue weighted by Gasteiger charge is 2.25. The van der Waals surface area contributed by atoms with E-state index in [9.17, 15) is 0 Å². The maximum Gasteiger partial charge on any atom is 0.180 e. The van der Waals surface area contributed by atoms with Crippen molar-refractivity contribution in [1.29, 1.82) is 0 Å². The van der Waals surface area contributed by atoms with Gasteiger partial charge in [0.15, 0.2) is 5.82 Å². The summed E-state index contributed by atoms with van der Waals surface area (Å²) >= 11 is 1.45. The van der Waals surface area contributed by atoms with Gasteiger partial charge in [-0.1, -0.05) is 42.1 Å². The van der Waals surface area contributed by atoms with Crippen LogP contribution in [0.2, 0.25) is 0 Å². The third kappa shape index (κ3) is 3.04. The summed E-state index contributed by atoms with van der Waals surface area (Å²) in [6.45, 7) is 0. The Morgan fingerprint density at radius 3 is 2.39 bits per heavy atom. The van der Waals surface area contributed by atoms with Crippen LogP contribution in [0.5, 0.6) is 0 Å². The molecule has 4 N–H and O–H groups in total. The first-order valence-electron chi connectivity index (χ1n) is 7.21. The summed E-state index contributed by atoms with van der Waals surface area (Å²) in [5.74, 6) is 7.66. The summed E-state index contributed by atoms with van der Waals surface area (Å²) in [7, 11) is 3.92. The molecule has 1 heterocycles. The molecule has 0 atom stereocenters. The predicted octanol–water partition coefficient (Wildman–Crippen LogP) is 2.57. The summed E-state index contributed by atoms with van der Waals surface area (Å²) in [5.41, 5.74) is 8.16. The van der Waals surface area contributed by atoms with Crippen LogP contribution in [0, 0.1) is 0 Å². The second-order valence-electron chi connectivity index (χ2n) is 5.32. The number of rotatable bonds is 2. The van der Waals surface area contributed by atoms with E-state index in [2.05, 4.69) is 4.99 Å². The van der Waals surface area contributed by atoms with Gasteiger partial charge in [0.25, 0.3) is 0 Å². The zero-order chi connectivity index (χ0) is 16.4. The molecule has 1 aliphatic heterocycles. The quantitative estimate of drug-likeness (QED) is 0.656. The molecule has 2 aromatic carbocycles. The maximum absolute atomic E-state index is 6.29. The van der Waals surface area contributed by atoms with Gasteiger partial charge in [0.05, 0.1) is 5.69 Å². The Morgan fingerprint density at radius 1 is 1.04 bits per heavy atom. The van der Waals surface area contributed by atoms with E-state index in [4.69, 9.17) is 11.6 Å². The van der Waals surface area contributed by atoms with Crippen molar-refractivity contribution in [3.8, 4) is 0 Å². The predicted molar refractivity (Wildman–Crippen MR) is 96.8 cm³/mol. The van der Waals surface area contributed by atoms with E-state index in [-0.39, 0.29) is 0 Å². The Kier molecular flexibility index (Phi) is 4.27. The highest BCUT2D eigenvalue weighted by Crippen LogP contribution is 2.33. The highest BCUT2D eigenvalue weighted by molar-refractivity contribution is 8.03. The van der Waals surface area contributed by atoms with Crippen LogP contribution in [0.3, 0.4) is 0 Å². The Hall–Kier alpha value is -2.44. The van der Waals surface area contributed by atoms with Crippen molar-refractivity contribution >= 4 is 23.3 Å². The molecule has 6 heteroatoms. The fraction of sp³-hybridized carbons (Fsp3) is 0.118. The van der Waals surface area contributed by atoms with Crippen molar-refractivity contribution in [2.75, 3.05) is 19.1 Å². The molecule has 0 bridgehead atoms. The van der Waals surface area contributed by atoms with Crippen molar-refractivity contribution in [3.63, 3.8) is 0 Å². The topological polar surface area (TPSA) is 70.9 Å². The van der Waals surface area contributed by atoms with Crippen molar-refractivity contribution < 1.29 is 0 Å². The van der Waals surface area contributed by atoms with Crippen LogP contribution in [-0.4, -0.2) is 24.8 Å². The normalized spacial score (nSPS) is 15.8. The molecular weight excluding hydrogens is 306 g/mol. The average molecular weight is 325 g/mol. The maximum atomic E-state index is 6.29. The lowest BCUT2D eigenvalue weighted by Crippen LogP contribution is -2.38. The van der Waals surface area contributed by atoms with Crippen LogP contribution < -0.4 is 16.6 Å². The molecule has 0 saturated heterocycles. The first kappa shape index (κ1) is 15.5. The summed E-state index contributed by atoms with van der Waals surface area (Å²) in [5, 5.41) is 2.11. The molecule has 1 aliphatic rings. The lowest BCUT2D eigenvalue weighted by molar-refractivity contribution is 0.618. The van der Waals surface area contributed by atoms with Gasteiger partial charge in [-0.05, 0) is 24.3 Å². The summed E-state index contributed by atoms with van der Waals surface area (Å²) in [6.07, 6.45) is 0. The van der Waals surface area contributed by atoms with Crippen LogP contribution in [0.4, 0.5) is 5.69 Å². The molecule has 0 aliphatic carbocycles. The van der Waals surface area contributed by atoms with Crippen LogP contribution in [0.15, 0.2) is 75.3 Å². The third-order valence-corrected chi connectivity index (χ3v) is 4.37. The summed E-state index contributed by atoms with van der Waals surface area (Å²) in [6, 6.07) is 17.8. The monoisotopic (exact) mass is 325 g/mol. The van der Waals surface area contributed by atoms with Gasteiger partial charge < -0.3 is 10.6 Å². The molecule has 5 nitrogen and oxygen atoms in total. The van der Waals surface area contributed by atoms with Crippen LogP contribution in [-0.2, 0) is 0 Å². The molecule has 3 rings (SSSR count). The first-order chi connectivity index (χ1) is 11.1. The lowest BCUT2D eigenvalue weighted by atomic mass is 10.1. The summed E-state index contributed by atoms with van der Waals surface area (Å²) in [4.78, 5) is 7.69. The van der Waals surface area contributed by atoms with E-state index < -0.39 is 0 Å². The molecule has 0 unspecified atom stereocenters. The highest BCUT2D eigenvalue weighted by atomic mass is 32.2. The molecule has 118 valence electrons. The SMILES string of the molecule is CN(C)C1=N/C(=C(/N)Sc2ccccc2)N(N)c2ccccc21. The number of anilines is 1. The van der Waals surface area contributed by atoms with Crippen molar-refractivity contribution in [1.82, 2.24) is 4.90 Å². The van der Waals surface area contributed by atoms with E-state index in [1.807, 2.05) is 73.6 Å². The zero-order valence-electron chi connectivity index (χ0n) is 13.1. The minimum atomic E-state index is 0.557. The van der Waals surface area contributed by atoms with Gasteiger partial charge in [0.1, 0.15) is 10.9 Å². The van der Waals surface area contributed by atoms with Crippen LogP contribution >= 0.6 is 11.8 Å². The number of hydrazine groups is 1. The molecule has 0 radical (unpaired) electrons. The average Bonchev–Trinajstić information content (AvgIpc) is 2.56. The Balaban J connectivity index is 2.06. The standard InChI is InChI=1S/C17H19N5S/c1-21(2)16-13-10-6-7-11-14(13)22(19)17(20-16)15(18)23-12-8-4-3-5-9-12/h3-11H,18-19H2,1-2H3/b17-15+. The number of fused-ring (bicyclic) bond motifs is 1. The number of aliphatic imine (C=N–C) groups is 1. The van der Waals surface area contributed by atoms with Crippen molar-refractivity contribution in [2.45, 2.75) is 4.90 Å². The van der Waals surface area contributed by atoms with Gasteiger partial charge in [-0.15, -0.1) is 0 Å². The Labute approximate surface area is 140 Å². The van der Waals surface area contributed by atoms with Crippen LogP contribution in [0.1, 0.15) is 5.56 Å². The van der Waals surface area contributed by atoms with Crippen molar-refractivity contribution in [3.05, 3.63) is 71.0 Å². The Bertz CT molecular complexity index is 768. The van der Waals surface area contributed by atoms with Gasteiger partial charge in [-0.2, -0.15) is 0 Å². The summed E-state index contributed by atoms with van der Waals surface area (Å²) < 4.78 is 0. The fourth-order valence-electron chi connectivity index (χ4n) is 2.38. The number of nitrogens with two attached hydrogens (primary N) is 2. The smallest absolute Gasteiger partial charge is 0.180 e. The molecule has 0 fully saturated rings. The second-order valence-corrected chi connectivity index (χ2v) is 6.44. The van der Waals surface area contributed by atoms with Crippen molar-refractivity contribution in [2.24, 2.45) is 16.6 Å². The number of amidine groups is 1. The van der Waals surface area contributed by atoms with E-state index in [1.165, 1.54) is 11.8 Å². The van der Waals surface area contributed by atoms with Gasteiger partial charge in [0, 0.05) is 24.6 Å². The molecule has 0 amide bonds. The first-order valence-corrected chi connectivity index (χ1v) is 8.02. The van der Waals surface area contributed by atoms with E-state index in [0.29, 0.717) is 10.9 Å². The number of benzene rings is 2. The molecule has 23 heavy (non-hydrogen) atoms. The second kappa shape index (κ2) is 6.36. The number of hydrogen-bond donors (Lipinski definition) is 2. The lowest BCUT2D eigenvalue weighted by Gasteiger charge is -2.30. The Morgan fingerprint density at radius 2 is 1.70 bits per heavy atom. The number of hydrogen-bond acceptors (Lipinski definition) is 6. The fourth-order valence-corrected chi connectivity index (χ4v) is 3.16. The number of thioether (sulfide) groups is 1. The molecule has 0 spiro atoms. The van der Waals surface area contributed by atoms with Gasteiger partial charge in [0.2, 0.25) is 0 Å². The molecule has 0 aromatic heterocycles. The third-order valence-electron chi connectivity index (χ3n) is 3.46. The van der Waals surface area contributed by atoms with E-state index >= 15 is 0 Å². The van der Waals surface area contributed by atoms with E-state index in [0.717, 1.165) is 22.0 Å². The van der Waals surface area contributed by atoms with Crippen LogP contribution in [0.25, 0.3) is 0 Å². The van der Waals surface area contributed by atoms with Gasteiger partial charge in [-0.3, -0.25) is 5.01 Å². The van der Waals surface area contributed by atoms with E-state index in [1.54, 1.807) is 5.01 Å². The minimum absolute atomic E-state index is 0.557. The molecule has 2 aromatic rings. The largest absolute Gasteiger partial charge is 0.390 e. The molecule has 0 saturated carbocycles. The van der Waals surface area contributed by atoms with Gasteiger partial charge >= 0.3 is 0 Å². The minimum Gasteiger partial charge on any atom is -0.390 e. The number of nitrogens with zero attached hydrogens (tertiary/aromatic N) is 3. The zero-order valence-corrected chi connectivity index (χ0v) is 13.9. The number of para-hydroxylation sites is 1. The molecular formula is C17H19N5S. The van der Waals surface area contributed by atoms with Gasteiger partial charge in [-0.25, -0.2) is 10.8 Å².